The van der Waals surface area contributed by atoms with Gasteiger partial charge in [-0.05, 0) is 65.7 Å². The zero-order chi connectivity index (χ0) is 20.5. The van der Waals surface area contributed by atoms with E-state index in [2.05, 4.69) is 63.3 Å². The Morgan fingerprint density at radius 1 is 1.17 bits per heavy atom. The molecule has 2 aliphatic heterocycles. The molecule has 1 atom stereocenters. The molecule has 3 aromatic rings. The van der Waals surface area contributed by atoms with Gasteiger partial charge in [0, 0.05) is 43.0 Å². The minimum atomic E-state index is -0.267. The molecule has 1 amide bonds. The average molecular weight is 401 g/mol. The van der Waals surface area contributed by atoms with Crippen LogP contribution in [0.5, 0.6) is 0 Å². The fraction of sp³-hybridized carbons (Fsp3) is 0.320. The quantitative estimate of drug-likeness (QED) is 0.663. The molecule has 0 radical (unpaired) electrons. The molecule has 0 unspecified atom stereocenters. The van der Waals surface area contributed by atoms with E-state index in [9.17, 15) is 4.79 Å². The first kappa shape index (κ1) is 18.9. The number of anilines is 1. The normalized spacial score (nSPS) is 19.1. The largest absolute Gasteiger partial charge is 0.368 e. The van der Waals surface area contributed by atoms with Crippen LogP contribution in [0.2, 0.25) is 0 Å². The second kappa shape index (κ2) is 8.00. The summed E-state index contributed by atoms with van der Waals surface area (Å²) >= 11 is 0. The van der Waals surface area contributed by atoms with Crippen molar-refractivity contribution in [3.8, 4) is 0 Å². The van der Waals surface area contributed by atoms with Crippen LogP contribution in [0.3, 0.4) is 0 Å². The van der Waals surface area contributed by atoms with E-state index < -0.39 is 0 Å². The zero-order valence-electron chi connectivity index (χ0n) is 17.2. The fourth-order valence-corrected chi connectivity index (χ4v) is 4.94. The Labute approximate surface area is 177 Å². The lowest BCUT2D eigenvalue weighted by atomic mass is 9.96. The number of para-hydroxylation sites is 1. The van der Waals surface area contributed by atoms with Crippen molar-refractivity contribution in [3.05, 3.63) is 71.9 Å². The number of nitrogens with two attached hydrogens (primary N) is 1. The molecule has 0 aliphatic carbocycles. The van der Waals surface area contributed by atoms with E-state index in [1.54, 1.807) is 0 Å². The molecule has 3 N–H and O–H groups in total. The first-order valence-electron chi connectivity index (χ1n) is 10.8. The second-order valence-electron chi connectivity index (χ2n) is 8.45. The molecular weight excluding hydrogens is 372 g/mol. The average Bonchev–Trinajstić information content (AvgIpc) is 3.37. The van der Waals surface area contributed by atoms with Gasteiger partial charge in [-0.3, -0.25) is 9.69 Å². The van der Waals surface area contributed by atoms with Crippen LogP contribution in [0.4, 0.5) is 5.69 Å². The van der Waals surface area contributed by atoms with Crippen molar-refractivity contribution in [2.45, 2.75) is 18.8 Å². The van der Waals surface area contributed by atoms with Crippen LogP contribution in [0.1, 0.15) is 29.9 Å². The number of primary amides is 1. The monoisotopic (exact) mass is 400 g/mol. The van der Waals surface area contributed by atoms with E-state index in [4.69, 9.17) is 5.73 Å². The number of H-pyrrole nitrogens is 1. The van der Waals surface area contributed by atoms with Gasteiger partial charge in [-0.15, -0.1) is 0 Å². The van der Waals surface area contributed by atoms with Crippen LogP contribution in [0.15, 0.2) is 60.8 Å². The summed E-state index contributed by atoms with van der Waals surface area (Å²) < 4.78 is 0. The molecule has 2 aromatic carbocycles. The first-order valence-corrected chi connectivity index (χ1v) is 10.8. The van der Waals surface area contributed by atoms with Gasteiger partial charge in [0.1, 0.15) is 0 Å². The molecule has 5 nitrogen and oxygen atoms in total. The van der Waals surface area contributed by atoms with E-state index in [-0.39, 0.29) is 5.91 Å². The van der Waals surface area contributed by atoms with Gasteiger partial charge in [-0.1, -0.05) is 30.3 Å². The van der Waals surface area contributed by atoms with Gasteiger partial charge < -0.3 is 15.6 Å². The highest BCUT2D eigenvalue weighted by Crippen LogP contribution is 2.38. The molecule has 0 saturated heterocycles. The number of carbonyl (C=O) groups is 1. The predicted molar refractivity (Wildman–Crippen MR) is 123 cm³/mol. The van der Waals surface area contributed by atoms with Crippen molar-refractivity contribution in [2.75, 3.05) is 37.6 Å². The Morgan fingerprint density at radius 3 is 2.90 bits per heavy atom. The maximum absolute atomic E-state index is 11.4. The molecule has 30 heavy (non-hydrogen) atoms. The Balaban J connectivity index is 1.21. The SMILES string of the molecule is NC(=O)CN1C[C@@H](CCN2CC=C(c3ccc4[nH]ccc4c3)CC2)c2ccccc21. The van der Waals surface area contributed by atoms with Crippen molar-refractivity contribution >= 4 is 28.1 Å². The number of hydrogen-bond donors (Lipinski definition) is 2. The molecule has 5 rings (SSSR count). The molecule has 5 heteroatoms. The predicted octanol–water partition coefficient (Wildman–Crippen LogP) is 3.74. The lowest BCUT2D eigenvalue weighted by molar-refractivity contribution is -0.116. The number of carbonyl (C=O) groups excluding carboxylic acids is 1. The number of benzene rings is 2. The molecule has 0 saturated carbocycles. The van der Waals surface area contributed by atoms with Crippen molar-refractivity contribution in [1.82, 2.24) is 9.88 Å². The number of hydrogen-bond acceptors (Lipinski definition) is 3. The summed E-state index contributed by atoms with van der Waals surface area (Å²) in [5.74, 6) is 0.193. The molecule has 154 valence electrons. The molecule has 0 bridgehead atoms. The molecular formula is C25H28N4O. The Hall–Kier alpha value is -3.05. The highest BCUT2D eigenvalue weighted by molar-refractivity contribution is 5.84. The van der Waals surface area contributed by atoms with Crippen molar-refractivity contribution in [1.29, 1.82) is 0 Å². The fourth-order valence-electron chi connectivity index (χ4n) is 4.94. The van der Waals surface area contributed by atoms with Gasteiger partial charge >= 0.3 is 0 Å². The van der Waals surface area contributed by atoms with Gasteiger partial charge in [-0.2, -0.15) is 0 Å². The second-order valence-corrected chi connectivity index (χ2v) is 8.45. The van der Waals surface area contributed by atoms with Crippen LogP contribution >= 0.6 is 0 Å². The van der Waals surface area contributed by atoms with Gasteiger partial charge in [0.2, 0.25) is 5.91 Å². The molecule has 0 spiro atoms. The van der Waals surface area contributed by atoms with Crippen LogP contribution in [-0.2, 0) is 4.79 Å². The minimum Gasteiger partial charge on any atom is -0.368 e. The third kappa shape index (κ3) is 3.73. The Bertz CT molecular complexity index is 1100. The minimum absolute atomic E-state index is 0.267. The summed E-state index contributed by atoms with van der Waals surface area (Å²) in [7, 11) is 0. The third-order valence-electron chi connectivity index (χ3n) is 6.52. The van der Waals surface area contributed by atoms with Gasteiger partial charge in [-0.25, -0.2) is 0 Å². The maximum atomic E-state index is 11.4. The lowest BCUT2D eigenvalue weighted by Gasteiger charge is -2.27. The van der Waals surface area contributed by atoms with E-state index in [0.717, 1.165) is 39.0 Å². The number of amides is 1. The topological polar surface area (TPSA) is 65.4 Å². The van der Waals surface area contributed by atoms with E-state index in [1.165, 1.54) is 33.3 Å². The lowest BCUT2D eigenvalue weighted by Crippen LogP contribution is -2.34. The molecule has 3 heterocycles. The van der Waals surface area contributed by atoms with E-state index >= 15 is 0 Å². The number of nitrogens with zero attached hydrogens (tertiary/aromatic N) is 2. The third-order valence-corrected chi connectivity index (χ3v) is 6.52. The van der Waals surface area contributed by atoms with Gasteiger partial charge in [0.15, 0.2) is 0 Å². The maximum Gasteiger partial charge on any atom is 0.236 e. The van der Waals surface area contributed by atoms with Crippen LogP contribution < -0.4 is 10.6 Å². The summed E-state index contributed by atoms with van der Waals surface area (Å²) in [4.78, 5) is 19.4. The first-order chi connectivity index (χ1) is 14.7. The summed E-state index contributed by atoms with van der Waals surface area (Å²) in [6.45, 7) is 4.35. The summed E-state index contributed by atoms with van der Waals surface area (Å²) in [5.41, 5.74) is 12.0. The smallest absolute Gasteiger partial charge is 0.236 e. The molecule has 0 fully saturated rings. The molecule has 1 aromatic heterocycles. The summed E-state index contributed by atoms with van der Waals surface area (Å²) in [6.07, 6.45) is 6.58. The highest BCUT2D eigenvalue weighted by atomic mass is 16.1. The van der Waals surface area contributed by atoms with Crippen LogP contribution in [0.25, 0.3) is 16.5 Å². The van der Waals surface area contributed by atoms with Crippen molar-refractivity contribution in [3.63, 3.8) is 0 Å². The number of fused-ring (bicyclic) bond motifs is 2. The van der Waals surface area contributed by atoms with Crippen molar-refractivity contribution in [2.24, 2.45) is 5.73 Å². The Morgan fingerprint density at radius 2 is 2.07 bits per heavy atom. The Kier molecular flexibility index (Phi) is 5.05. The van der Waals surface area contributed by atoms with E-state index in [0.29, 0.717) is 12.5 Å². The highest BCUT2D eigenvalue weighted by Gasteiger charge is 2.29. The number of aromatic amines is 1. The number of aromatic nitrogens is 1. The van der Waals surface area contributed by atoms with E-state index in [1.807, 2.05) is 12.3 Å². The number of rotatable bonds is 6. The number of nitrogens with one attached hydrogen (secondary N) is 1. The zero-order valence-corrected chi connectivity index (χ0v) is 17.2. The van der Waals surface area contributed by atoms with Gasteiger partial charge in [0.25, 0.3) is 0 Å². The summed E-state index contributed by atoms with van der Waals surface area (Å²) in [6, 6.07) is 17.3. The van der Waals surface area contributed by atoms with Crippen molar-refractivity contribution < 1.29 is 4.79 Å². The summed E-state index contributed by atoms with van der Waals surface area (Å²) in [5, 5.41) is 1.27. The molecule has 2 aliphatic rings. The van der Waals surface area contributed by atoms with Gasteiger partial charge in [0.05, 0.1) is 6.54 Å². The van der Waals surface area contributed by atoms with Crippen LogP contribution in [0, 0.1) is 0 Å². The van der Waals surface area contributed by atoms with Crippen LogP contribution in [-0.4, -0.2) is 48.5 Å². The standard InChI is InChI=1S/C25H28N4O/c26-25(30)17-29-16-21(22-3-1-2-4-24(22)29)10-14-28-12-8-18(9-13-28)19-5-6-23-20(15-19)7-11-27-23/h1-8,11,15,21,27H,9-10,12-14,16-17H2,(H2,26,30)/t21-/m1/s1.